The predicted octanol–water partition coefficient (Wildman–Crippen LogP) is 2.31. The average Bonchev–Trinajstić information content (AvgIpc) is 2.94. The lowest BCUT2D eigenvalue weighted by atomic mass is 10.00. The van der Waals surface area contributed by atoms with E-state index >= 15 is 0 Å². The first-order chi connectivity index (χ1) is 11.1. The molecule has 0 aliphatic rings. The normalized spacial score (nSPS) is 11.4. The maximum Gasteiger partial charge on any atom is 0.243 e. The van der Waals surface area contributed by atoms with Crippen LogP contribution in [0, 0.1) is 5.92 Å². The zero-order valence-electron chi connectivity index (χ0n) is 14.4. The summed E-state index contributed by atoms with van der Waals surface area (Å²) in [6, 6.07) is 10.5. The van der Waals surface area contributed by atoms with Crippen LogP contribution in [0.2, 0.25) is 0 Å². The van der Waals surface area contributed by atoms with Crippen LogP contribution in [0.5, 0.6) is 0 Å². The molecule has 2 aromatic rings. The molecule has 23 heavy (non-hydrogen) atoms. The minimum Gasteiger partial charge on any atom is -0.550 e. The largest absolute Gasteiger partial charge is 0.550 e. The second kappa shape index (κ2) is 10.6. The van der Waals surface area contributed by atoms with Gasteiger partial charge in [-0.15, -0.1) is 0 Å². The van der Waals surface area contributed by atoms with Crippen LogP contribution >= 0.6 is 0 Å². The first-order valence-electron chi connectivity index (χ1n) is 8.32. The van der Waals surface area contributed by atoms with Crippen molar-refractivity contribution in [2.75, 3.05) is 0 Å². The van der Waals surface area contributed by atoms with Crippen LogP contribution < -0.4 is 9.67 Å². The van der Waals surface area contributed by atoms with Gasteiger partial charge in [-0.3, -0.25) is 0 Å². The topological polar surface area (TPSA) is 48.9 Å². The fourth-order valence-corrected chi connectivity index (χ4v) is 2.33. The van der Waals surface area contributed by atoms with Crippen molar-refractivity contribution in [1.82, 2.24) is 4.57 Å². The molecule has 0 bridgehead atoms. The Hall–Kier alpha value is -2.10. The van der Waals surface area contributed by atoms with Gasteiger partial charge in [-0.1, -0.05) is 57.0 Å². The molecule has 0 saturated heterocycles. The van der Waals surface area contributed by atoms with Gasteiger partial charge in [0.15, 0.2) is 0 Å². The van der Waals surface area contributed by atoms with Crippen LogP contribution in [0.3, 0.4) is 0 Å². The van der Waals surface area contributed by atoms with Crippen molar-refractivity contribution in [3.63, 3.8) is 0 Å². The summed E-state index contributed by atoms with van der Waals surface area (Å²) in [5.41, 5.74) is 1.33. The van der Waals surface area contributed by atoms with Gasteiger partial charge in [-0.25, -0.2) is 9.13 Å². The molecule has 4 heteroatoms. The van der Waals surface area contributed by atoms with E-state index in [1.807, 2.05) is 30.8 Å². The summed E-state index contributed by atoms with van der Waals surface area (Å²) in [6.07, 6.45) is 9.72. The van der Waals surface area contributed by atoms with E-state index in [9.17, 15) is 9.90 Å². The average molecular weight is 316 g/mol. The molecule has 0 fully saturated rings. The van der Waals surface area contributed by atoms with Gasteiger partial charge >= 0.3 is 0 Å². The number of nitrogens with zero attached hydrogens (tertiary/aromatic N) is 2. The second-order valence-corrected chi connectivity index (χ2v) is 5.80. The number of carbonyl (C=O) groups is 1. The van der Waals surface area contributed by atoms with Gasteiger partial charge in [-0.05, 0) is 24.3 Å². The van der Waals surface area contributed by atoms with Gasteiger partial charge in [-0.2, -0.15) is 0 Å². The SMILES string of the molecule is CCCCC(CC)C(=O)[O-].C[n+]1ccn(Cc2ccccc2)c1. The number of rotatable bonds is 7. The predicted molar refractivity (Wildman–Crippen MR) is 89.5 cm³/mol. The molecular formula is C19H28N2O2. The summed E-state index contributed by atoms with van der Waals surface area (Å²) in [4.78, 5) is 10.3. The molecule has 0 aliphatic carbocycles. The number of carboxylic acid groups (broad SMARTS) is 1. The van der Waals surface area contributed by atoms with Crippen LogP contribution in [-0.2, 0) is 18.4 Å². The summed E-state index contributed by atoms with van der Waals surface area (Å²) in [7, 11) is 2.03. The number of hydrogen-bond acceptors (Lipinski definition) is 2. The zero-order valence-corrected chi connectivity index (χ0v) is 14.4. The Morgan fingerprint density at radius 1 is 1.26 bits per heavy atom. The third kappa shape index (κ3) is 7.63. The van der Waals surface area contributed by atoms with Gasteiger partial charge < -0.3 is 9.90 Å². The molecule has 0 saturated carbocycles. The Morgan fingerprint density at radius 3 is 2.43 bits per heavy atom. The highest BCUT2D eigenvalue weighted by molar-refractivity contribution is 5.67. The number of unbranched alkanes of at least 4 members (excludes halogenated alkanes) is 1. The molecule has 0 spiro atoms. The zero-order chi connectivity index (χ0) is 17.1. The Bertz CT molecular complexity index is 564. The monoisotopic (exact) mass is 316 g/mol. The lowest BCUT2D eigenvalue weighted by Crippen LogP contribution is -2.30. The van der Waals surface area contributed by atoms with Gasteiger partial charge in [0.25, 0.3) is 0 Å². The van der Waals surface area contributed by atoms with Gasteiger partial charge in [0.1, 0.15) is 18.9 Å². The summed E-state index contributed by atoms with van der Waals surface area (Å²) in [6.45, 7) is 4.89. The number of hydrogen-bond donors (Lipinski definition) is 0. The van der Waals surface area contributed by atoms with Gasteiger partial charge in [0.2, 0.25) is 6.33 Å². The number of aryl methyl sites for hydroxylation is 1. The Balaban J connectivity index is 0.000000241. The van der Waals surface area contributed by atoms with E-state index in [0.717, 1.165) is 25.8 Å². The molecule has 0 aliphatic heterocycles. The smallest absolute Gasteiger partial charge is 0.243 e. The summed E-state index contributed by atoms with van der Waals surface area (Å²) < 4.78 is 4.21. The quantitative estimate of drug-likeness (QED) is 0.736. The number of carboxylic acids is 1. The molecule has 4 nitrogen and oxygen atoms in total. The maximum atomic E-state index is 10.3. The lowest BCUT2D eigenvalue weighted by molar-refractivity contribution is -0.671. The Morgan fingerprint density at radius 2 is 1.96 bits per heavy atom. The lowest BCUT2D eigenvalue weighted by Gasteiger charge is -2.14. The van der Waals surface area contributed by atoms with E-state index in [0.29, 0.717) is 6.42 Å². The van der Waals surface area contributed by atoms with Crippen molar-refractivity contribution in [3.8, 4) is 0 Å². The van der Waals surface area contributed by atoms with E-state index < -0.39 is 5.97 Å². The molecule has 1 aromatic carbocycles. The van der Waals surface area contributed by atoms with Crippen LogP contribution in [0.25, 0.3) is 0 Å². The summed E-state index contributed by atoms with van der Waals surface area (Å²) in [5, 5.41) is 10.3. The molecule has 0 N–H and O–H groups in total. The van der Waals surface area contributed by atoms with Crippen LogP contribution in [-0.4, -0.2) is 10.5 Å². The minimum atomic E-state index is -0.893. The van der Waals surface area contributed by atoms with Gasteiger partial charge in [0, 0.05) is 5.97 Å². The summed E-state index contributed by atoms with van der Waals surface area (Å²) in [5.74, 6) is -1.11. The van der Waals surface area contributed by atoms with Crippen LogP contribution in [0.15, 0.2) is 49.1 Å². The summed E-state index contributed by atoms with van der Waals surface area (Å²) >= 11 is 0. The molecule has 0 radical (unpaired) electrons. The molecule has 126 valence electrons. The molecule has 1 heterocycles. The van der Waals surface area contributed by atoms with Crippen molar-refractivity contribution < 1.29 is 14.5 Å². The van der Waals surface area contributed by atoms with Crippen molar-refractivity contribution in [2.24, 2.45) is 13.0 Å². The van der Waals surface area contributed by atoms with E-state index in [2.05, 4.69) is 48.3 Å². The molecule has 1 atom stereocenters. The van der Waals surface area contributed by atoms with Gasteiger partial charge in [0.05, 0.1) is 7.05 Å². The van der Waals surface area contributed by atoms with Crippen molar-refractivity contribution in [2.45, 2.75) is 46.1 Å². The van der Waals surface area contributed by atoms with E-state index in [-0.39, 0.29) is 5.92 Å². The fraction of sp³-hybridized carbons (Fsp3) is 0.474. The third-order valence-electron chi connectivity index (χ3n) is 3.76. The highest BCUT2D eigenvalue weighted by Gasteiger charge is 2.04. The number of aliphatic carboxylic acids is 1. The first kappa shape index (κ1) is 18.9. The molecule has 0 amide bonds. The van der Waals surface area contributed by atoms with E-state index in [4.69, 9.17) is 0 Å². The van der Waals surface area contributed by atoms with E-state index in [1.54, 1.807) is 0 Å². The van der Waals surface area contributed by atoms with E-state index in [1.165, 1.54) is 5.56 Å². The van der Waals surface area contributed by atoms with Crippen LogP contribution in [0.4, 0.5) is 0 Å². The van der Waals surface area contributed by atoms with Crippen molar-refractivity contribution in [1.29, 1.82) is 0 Å². The number of aromatic nitrogens is 2. The van der Waals surface area contributed by atoms with Crippen LogP contribution in [0.1, 0.15) is 45.1 Å². The van der Waals surface area contributed by atoms with Crippen molar-refractivity contribution >= 4 is 5.97 Å². The second-order valence-electron chi connectivity index (χ2n) is 5.80. The Labute approximate surface area is 139 Å². The highest BCUT2D eigenvalue weighted by atomic mass is 16.4. The fourth-order valence-electron chi connectivity index (χ4n) is 2.33. The first-order valence-corrected chi connectivity index (χ1v) is 8.32. The number of imidazole rings is 1. The number of carbonyl (C=O) groups excluding carboxylic acids is 1. The third-order valence-corrected chi connectivity index (χ3v) is 3.76. The standard InChI is InChI=1S/C11H13N2.C8H16O2/c1-12-7-8-13(10-12)9-11-5-3-2-4-6-11;1-3-5-6-7(4-2)8(9)10/h2-8,10H,9H2,1H3;7H,3-6H2,1-2H3,(H,9,10)/q+1;/p-1. The number of benzene rings is 1. The minimum absolute atomic E-state index is 0.222. The highest BCUT2D eigenvalue weighted by Crippen LogP contribution is 2.10. The molecular weight excluding hydrogens is 288 g/mol. The maximum absolute atomic E-state index is 10.3. The van der Waals surface area contributed by atoms with Crippen molar-refractivity contribution in [3.05, 3.63) is 54.6 Å². The molecule has 2 rings (SSSR count). The molecule has 1 unspecified atom stereocenters. The molecule has 1 aromatic heterocycles. The Kier molecular flexibility index (Phi) is 8.73.